The molecule has 0 radical (unpaired) electrons. The van der Waals surface area contributed by atoms with Gasteiger partial charge in [0.05, 0.1) is 11.5 Å². The maximum atomic E-state index is 10.7. The zero-order valence-corrected chi connectivity index (χ0v) is 18.8. The molecule has 0 amide bonds. The first-order chi connectivity index (χ1) is 12.5. The summed E-state index contributed by atoms with van der Waals surface area (Å²) in [6.45, 7) is 10.2. The summed E-state index contributed by atoms with van der Waals surface area (Å²) in [5.74, 6) is 0.827. The third-order valence-electron chi connectivity index (χ3n) is 4.71. The van der Waals surface area contributed by atoms with Crippen LogP contribution in [-0.2, 0) is 6.54 Å². The molecule has 1 fully saturated rings. The predicted octanol–water partition coefficient (Wildman–Crippen LogP) is 3.53. The molecule has 1 aliphatic rings. The fourth-order valence-electron chi connectivity index (χ4n) is 3.04. The summed E-state index contributed by atoms with van der Waals surface area (Å²) >= 11 is 0. The smallest absolute Gasteiger partial charge is 0.269 e. The molecular formula is C19H32IN5O2. The number of guanidine groups is 1. The highest BCUT2D eigenvalue weighted by atomic mass is 127. The summed E-state index contributed by atoms with van der Waals surface area (Å²) in [6, 6.07) is 7.62. The third kappa shape index (κ3) is 8.00. The van der Waals surface area contributed by atoms with Crippen LogP contribution in [0.4, 0.5) is 5.69 Å². The lowest BCUT2D eigenvalue weighted by Crippen LogP contribution is -2.50. The van der Waals surface area contributed by atoms with Gasteiger partial charge in [-0.2, -0.15) is 0 Å². The van der Waals surface area contributed by atoms with Crippen LogP contribution in [-0.4, -0.2) is 47.5 Å². The number of nitro benzene ring substituents is 1. The van der Waals surface area contributed by atoms with Crippen LogP contribution in [0.1, 0.15) is 45.6 Å². The van der Waals surface area contributed by atoms with Gasteiger partial charge in [0, 0.05) is 43.9 Å². The van der Waals surface area contributed by atoms with Crippen molar-refractivity contribution in [1.29, 1.82) is 0 Å². The molecule has 1 aliphatic heterocycles. The van der Waals surface area contributed by atoms with Gasteiger partial charge >= 0.3 is 0 Å². The van der Waals surface area contributed by atoms with Crippen molar-refractivity contribution in [2.45, 2.75) is 58.7 Å². The first kappa shape index (κ1) is 23.6. The van der Waals surface area contributed by atoms with E-state index in [-0.39, 0.29) is 34.6 Å². The quantitative estimate of drug-likeness (QED) is 0.201. The molecule has 1 saturated heterocycles. The highest BCUT2D eigenvalue weighted by Gasteiger charge is 2.21. The minimum atomic E-state index is -0.383. The van der Waals surface area contributed by atoms with Crippen LogP contribution in [0.15, 0.2) is 29.3 Å². The van der Waals surface area contributed by atoms with E-state index in [2.05, 4.69) is 41.3 Å². The molecule has 2 N–H and O–H groups in total. The lowest BCUT2D eigenvalue weighted by atomic mass is 10.0. The number of benzene rings is 1. The van der Waals surface area contributed by atoms with Crippen molar-refractivity contribution in [2.24, 2.45) is 4.99 Å². The number of nitro groups is 1. The van der Waals surface area contributed by atoms with Crippen molar-refractivity contribution in [3.8, 4) is 0 Å². The number of hydrogen-bond donors (Lipinski definition) is 2. The molecule has 1 aromatic carbocycles. The molecule has 1 heterocycles. The highest BCUT2D eigenvalue weighted by molar-refractivity contribution is 14.0. The summed E-state index contributed by atoms with van der Waals surface area (Å²) < 4.78 is 0. The zero-order chi connectivity index (χ0) is 18.9. The van der Waals surface area contributed by atoms with Crippen molar-refractivity contribution < 1.29 is 4.92 Å². The number of nitrogens with one attached hydrogen (secondary N) is 2. The van der Waals surface area contributed by atoms with Gasteiger partial charge < -0.3 is 15.5 Å². The molecule has 152 valence electrons. The van der Waals surface area contributed by atoms with Gasteiger partial charge in [-0.15, -0.1) is 24.0 Å². The van der Waals surface area contributed by atoms with Crippen LogP contribution >= 0.6 is 24.0 Å². The number of halogens is 1. The number of piperidine rings is 1. The summed E-state index contributed by atoms with van der Waals surface area (Å²) in [5.41, 5.74) is 1.07. The van der Waals surface area contributed by atoms with Gasteiger partial charge in [0.15, 0.2) is 5.96 Å². The van der Waals surface area contributed by atoms with Gasteiger partial charge in [-0.1, -0.05) is 19.1 Å². The molecule has 27 heavy (non-hydrogen) atoms. The van der Waals surface area contributed by atoms with E-state index in [4.69, 9.17) is 0 Å². The van der Waals surface area contributed by atoms with Gasteiger partial charge in [0.2, 0.25) is 0 Å². The van der Waals surface area contributed by atoms with Crippen LogP contribution in [0.2, 0.25) is 0 Å². The largest absolute Gasteiger partial charge is 0.356 e. The maximum absolute atomic E-state index is 10.7. The van der Waals surface area contributed by atoms with Crippen LogP contribution in [0.25, 0.3) is 0 Å². The molecule has 1 aromatic rings. The number of nitrogens with zero attached hydrogens (tertiary/aromatic N) is 3. The SMILES string of the molecule is CCCNC(=NCc1ccc([N+](=O)[O-])cc1)NC1CCN(C(C)C)CC1.I. The average molecular weight is 489 g/mol. The van der Waals surface area contributed by atoms with Gasteiger partial charge in [0.1, 0.15) is 0 Å². The molecule has 0 saturated carbocycles. The van der Waals surface area contributed by atoms with Crippen LogP contribution < -0.4 is 10.6 Å². The van der Waals surface area contributed by atoms with E-state index < -0.39 is 0 Å². The minimum absolute atomic E-state index is 0. The predicted molar refractivity (Wildman–Crippen MR) is 121 cm³/mol. The summed E-state index contributed by atoms with van der Waals surface area (Å²) in [6.07, 6.45) is 3.26. The van der Waals surface area contributed by atoms with E-state index in [9.17, 15) is 10.1 Å². The van der Waals surface area contributed by atoms with E-state index in [1.165, 1.54) is 12.1 Å². The van der Waals surface area contributed by atoms with Gasteiger partial charge in [0.25, 0.3) is 5.69 Å². The number of non-ortho nitro benzene ring substituents is 1. The molecular weight excluding hydrogens is 457 g/mol. The zero-order valence-electron chi connectivity index (χ0n) is 16.5. The van der Waals surface area contributed by atoms with Crippen LogP contribution in [0.3, 0.4) is 0 Å². The monoisotopic (exact) mass is 489 g/mol. The summed E-state index contributed by atoms with van der Waals surface area (Å²) in [5, 5.41) is 17.7. The molecule has 0 aromatic heterocycles. The van der Waals surface area contributed by atoms with Gasteiger partial charge in [-0.05, 0) is 38.7 Å². The Bertz CT molecular complexity index is 599. The lowest BCUT2D eigenvalue weighted by Gasteiger charge is -2.35. The Labute approximate surface area is 179 Å². The molecule has 7 nitrogen and oxygen atoms in total. The minimum Gasteiger partial charge on any atom is -0.356 e. The molecule has 2 rings (SSSR count). The fraction of sp³-hybridized carbons (Fsp3) is 0.632. The standard InChI is InChI=1S/C19H31N5O2.HI/c1-4-11-20-19(22-17-9-12-23(13-10-17)15(2)3)21-14-16-5-7-18(8-6-16)24(25)26;/h5-8,15,17H,4,9-14H2,1-3H3,(H2,20,21,22);1H. The molecule has 0 atom stereocenters. The van der Waals surface area contributed by atoms with E-state index in [1.807, 2.05) is 0 Å². The summed E-state index contributed by atoms with van der Waals surface area (Å²) in [7, 11) is 0. The second-order valence-electron chi connectivity index (χ2n) is 7.06. The van der Waals surface area contributed by atoms with Gasteiger partial charge in [-0.25, -0.2) is 4.99 Å². The van der Waals surface area contributed by atoms with Gasteiger partial charge in [-0.3, -0.25) is 10.1 Å². The second-order valence-corrected chi connectivity index (χ2v) is 7.06. The van der Waals surface area contributed by atoms with E-state index in [0.717, 1.165) is 50.4 Å². The third-order valence-corrected chi connectivity index (χ3v) is 4.71. The van der Waals surface area contributed by atoms with Crippen molar-refractivity contribution in [3.63, 3.8) is 0 Å². The number of hydrogen-bond acceptors (Lipinski definition) is 4. The lowest BCUT2D eigenvalue weighted by molar-refractivity contribution is -0.384. The molecule has 0 spiro atoms. The first-order valence-electron chi connectivity index (χ1n) is 9.51. The van der Waals surface area contributed by atoms with Crippen LogP contribution in [0.5, 0.6) is 0 Å². The molecule has 0 unspecified atom stereocenters. The Kier molecular flexibility index (Phi) is 10.6. The van der Waals surface area contributed by atoms with Crippen molar-refractivity contribution in [3.05, 3.63) is 39.9 Å². The average Bonchev–Trinajstić information content (AvgIpc) is 2.64. The molecule has 8 heteroatoms. The Morgan fingerprint density at radius 3 is 2.44 bits per heavy atom. The van der Waals surface area contributed by atoms with E-state index in [0.29, 0.717) is 18.6 Å². The second kappa shape index (κ2) is 12.1. The van der Waals surface area contributed by atoms with Crippen molar-refractivity contribution in [2.75, 3.05) is 19.6 Å². The Hall–Kier alpha value is -1.42. The Balaban J connectivity index is 0.00000364. The van der Waals surface area contributed by atoms with E-state index >= 15 is 0 Å². The fourth-order valence-corrected chi connectivity index (χ4v) is 3.04. The molecule has 0 bridgehead atoms. The van der Waals surface area contributed by atoms with Crippen molar-refractivity contribution in [1.82, 2.24) is 15.5 Å². The Morgan fingerprint density at radius 1 is 1.30 bits per heavy atom. The van der Waals surface area contributed by atoms with E-state index in [1.54, 1.807) is 12.1 Å². The Morgan fingerprint density at radius 2 is 1.93 bits per heavy atom. The van der Waals surface area contributed by atoms with Crippen LogP contribution in [0, 0.1) is 10.1 Å². The number of likely N-dealkylation sites (tertiary alicyclic amines) is 1. The maximum Gasteiger partial charge on any atom is 0.269 e. The topological polar surface area (TPSA) is 82.8 Å². The normalized spacial score (nSPS) is 16.1. The molecule has 0 aliphatic carbocycles. The highest BCUT2D eigenvalue weighted by Crippen LogP contribution is 2.14. The number of rotatable bonds is 7. The summed E-state index contributed by atoms with van der Waals surface area (Å²) in [4.78, 5) is 17.5. The van der Waals surface area contributed by atoms with Crippen molar-refractivity contribution >= 4 is 35.6 Å². The first-order valence-corrected chi connectivity index (χ1v) is 9.51. The number of aliphatic imine (C=N–C) groups is 1.